The van der Waals surface area contributed by atoms with Gasteiger partial charge in [-0.15, -0.1) is 11.6 Å². The van der Waals surface area contributed by atoms with E-state index in [9.17, 15) is 4.79 Å². The molecule has 1 N–H and O–H groups in total. The molecule has 0 heterocycles. The second-order valence-corrected chi connectivity index (χ2v) is 3.55. The third kappa shape index (κ3) is 3.80. The average Bonchev–Trinajstić information content (AvgIpc) is 2.17. The SMILES string of the molecule is CC(=O)OC(CCCl)c1ccc(O)cc1. The zero-order chi connectivity index (χ0) is 11.3. The van der Waals surface area contributed by atoms with E-state index < -0.39 is 0 Å². The minimum atomic E-state index is -0.335. The Bertz CT molecular complexity index is 321. The quantitative estimate of drug-likeness (QED) is 0.637. The first kappa shape index (κ1) is 11.9. The van der Waals surface area contributed by atoms with E-state index in [1.807, 2.05) is 0 Å². The Hall–Kier alpha value is -1.22. The van der Waals surface area contributed by atoms with Gasteiger partial charge in [0, 0.05) is 19.2 Å². The van der Waals surface area contributed by atoms with Crippen molar-refractivity contribution in [3.8, 4) is 5.75 Å². The van der Waals surface area contributed by atoms with Crippen LogP contribution in [0, 0.1) is 0 Å². The van der Waals surface area contributed by atoms with Gasteiger partial charge in [-0.1, -0.05) is 12.1 Å². The summed E-state index contributed by atoms with van der Waals surface area (Å²) in [5.41, 5.74) is 0.837. The summed E-state index contributed by atoms with van der Waals surface area (Å²) >= 11 is 5.62. The summed E-state index contributed by atoms with van der Waals surface area (Å²) in [5.74, 6) is 0.267. The molecule has 0 aliphatic heterocycles. The minimum absolute atomic E-state index is 0.186. The standard InChI is InChI=1S/C11H13ClO3/c1-8(13)15-11(6-7-12)9-2-4-10(14)5-3-9/h2-5,11,14H,6-7H2,1H3. The summed E-state index contributed by atoms with van der Waals surface area (Å²) < 4.78 is 5.11. The first-order chi connectivity index (χ1) is 7.13. The molecular formula is C11H13ClO3. The van der Waals surface area contributed by atoms with Gasteiger partial charge >= 0.3 is 5.97 Å². The van der Waals surface area contributed by atoms with Crippen LogP contribution in [0.15, 0.2) is 24.3 Å². The van der Waals surface area contributed by atoms with Crippen molar-refractivity contribution in [2.45, 2.75) is 19.4 Å². The molecule has 4 heteroatoms. The summed E-state index contributed by atoms with van der Waals surface area (Å²) in [7, 11) is 0. The van der Waals surface area contributed by atoms with Gasteiger partial charge < -0.3 is 9.84 Å². The van der Waals surface area contributed by atoms with E-state index in [-0.39, 0.29) is 17.8 Å². The molecule has 15 heavy (non-hydrogen) atoms. The third-order valence-electron chi connectivity index (χ3n) is 1.94. The smallest absolute Gasteiger partial charge is 0.303 e. The van der Waals surface area contributed by atoms with Crippen LogP contribution in [0.2, 0.25) is 0 Å². The molecule has 1 rings (SSSR count). The number of benzene rings is 1. The number of phenols is 1. The van der Waals surface area contributed by atoms with Crippen LogP contribution in [0.25, 0.3) is 0 Å². The lowest BCUT2D eigenvalue weighted by molar-refractivity contribution is -0.146. The van der Waals surface area contributed by atoms with Crippen LogP contribution in [0.3, 0.4) is 0 Å². The average molecular weight is 229 g/mol. The first-order valence-electron chi connectivity index (χ1n) is 4.65. The Balaban J connectivity index is 2.78. The molecule has 0 saturated carbocycles. The summed E-state index contributed by atoms with van der Waals surface area (Å²) in [6, 6.07) is 6.55. The molecule has 1 aromatic rings. The van der Waals surface area contributed by atoms with E-state index >= 15 is 0 Å². The predicted molar refractivity (Wildman–Crippen MR) is 58.0 cm³/mol. The fourth-order valence-corrected chi connectivity index (χ4v) is 1.48. The van der Waals surface area contributed by atoms with Crippen molar-refractivity contribution in [3.05, 3.63) is 29.8 Å². The van der Waals surface area contributed by atoms with Crippen molar-refractivity contribution < 1.29 is 14.6 Å². The fraction of sp³-hybridized carbons (Fsp3) is 0.364. The van der Waals surface area contributed by atoms with Crippen LogP contribution in [-0.4, -0.2) is 17.0 Å². The number of alkyl halides is 1. The van der Waals surface area contributed by atoms with Crippen LogP contribution < -0.4 is 0 Å². The molecule has 1 unspecified atom stereocenters. The number of phenolic OH excluding ortho intramolecular Hbond substituents is 1. The van der Waals surface area contributed by atoms with Crippen LogP contribution in [-0.2, 0) is 9.53 Å². The number of ether oxygens (including phenoxy) is 1. The lowest BCUT2D eigenvalue weighted by atomic mass is 10.1. The Morgan fingerprint density at radius 2 is 2.07 bits per heavy atom. The molecule has 0 spiro atoms. The number of carbonyl (C=O) groups excluding carboxylic acids is 1. The maximum atomic E-state index is 10.9. The van der Waals surface area contributed by atoms with Gasteiger partial charge in [0.25, 0.3) is 0 Å². The van der Waals surface area contributed by atoms with Crippen molar-refractivity contribution in [3.63, 3.8) is 0 Å². The molecule has 0 bridgehead atoms. The highest BCUT2D eigenvalue weighted by Crippen LogP contribution is 2.23. The Morgan fingerprint density at radius 1 is 1.47 bits per heavy atom. The molecule has 3 nitrogen and oxygen atoms in total. The van der Waals surface area contributed by atoms with Crippen LogP contribution in [0.4, 0.5) is 0 Å². The summed E-state index contributed by atoms with van der Waals surface area (Å²) in [4.78, 5) is 10.9. The molecule has 0 saturated heterocycles. The number of rotatable bonds is 4. The highest BCUT2D eigenvalue weighted by molar-refractivity contribution is 6.17. The van der Waals surface area contributed by atoms with E-state index in [4.69, 9.17) is 21.4 Å². The normalized spacial score (nSPS) is 12.1. The molecule has 0 amide bonds. The van der Waals surface area contributed by atoms with Gasteiger partial charge in [-0.3, -0.25) is 4.79 Å². The van der Waals surface area contributed by atoms with E-state index in [2.05, 4.69) is 0 Å². The zero-order valence-electron chi connectivity index (χ0n) is 8.44. The van der Waals surface area contributed by atoms with Gasteiger partial charge in [0.2, 0.25) is 0 Å². The second-order valence-electron chi connectivity index (χ2n) is 3.17. The topological polar surface area (TPSA) is 46.5 Å². The number of halogens is 1. The molecule has 0 fully saturated rings. The number of carbonyl (C=O) groups is 1. The predicted octanol–water partition coefficient (Wildman–Crippen LogP) is 2.63. The number of hydrogen-bond acceptors (Lipinski definition) is 3. The van der Waals surface area contributed by atoms with E-state index in [1.54, 1.807) is 24.3 Å². The number of esters is 1. The van der Waals surface area contributed by atoms with Crippen molar-refractivity contribution >= 4 is 17.6 Å². The molecule has 0 aliphatic rings. The first-order valence-corrected chi connectivity index (χ1v) is 5.19. The Kier molecular flexibility index (Phi) is 4.43. The van der Waals surface area contributed by atoms with Gasteiger partial charge in [-0.2, -0.15) is 0 Å². The number of aromatic hydroxyl groups is 1. The number of hydrogen-bond donors (Lipinski definition) is 1. The molecule has 0 radical (unpaired) electrons. The van der Waals surface area contributed by atoms with Gasteiger partial charge in [0.05, 0.1) is 0 Å². The molecule has 1 atom stereocenters. The van der Waals surface area contributed by atoms with Crippen LogP contribution in [0.5, 0.6) is 5.75 Å². The van der Waals surface area contributed by atoms with E-state index in [1.165, 1.54) is 6.92 Å². The monoisotopic (exact) mass is 228 g/mol. The van der Waals surface area contributed by atoms with E-state index in [0.717, 1.165) is 5.56 Å². The highest BCUT2D eigenvalue weighted by atomic mass is 35.5. The highest BCUT2D eigenvalue weighted by Gasteiger charge is 2.13. The fourth-order valence-electron chi connectivity index (χ4n) is 1.28. The molecule has 1 aromatic carbocycles. The lowest BCUT2D eigenvalue weighted by Crippen LogP contribution is -2.09. The summed E-state index contributed by atoms with van der Waals surface area (Å²) in [6.07, 6.45) is 0.229. The van der Waals surface area contributed by atoms with Crippen molar-refractivity contribution in [1.29, 1.82) is 0 Å². The molecule has 0 aromatic heterocycles. The van der Waals surface area contributed by atoms with Crippen molar-refractivity contribution in [1.82, 2.24) is 0 Å². The lowest BCUT2D eigenvalue weighted by Gasteiger charge is -2.16. The van der Waals surface area contributed by atoms with Gasteiger partial charge in [-0.05, 0) is 17.7 Å². The zero-order valence-corrected chi connectivity index (χ0v) is 9.20. The minimum Gasteiger partial charge on any atom is -0.508 e. The largest absolute Gasteiger partial charge is 0.508 e. The Labute approximate surface area is 93.6 Å². The van der Waals surface area contributed by atoms with Gasteiger partial charge in [0.1, 0.15) is 11.9 Å². The van der Waals surface area contributed by atoms with Gasteiger partial charge in [-0.25, -0.2) is 0 Å². The summed E-state index contributed by atoms with van der Waals surface area (Å²) in [6.45, 7) is 1.36. The van der Waals surface area contributed by atoms with Crippen LogP contribution >= 0.6 is 11.6 Å². The maximum Gasteiger partial charge on any atom is 0.303 e. The van der Waals surface area contributed by atoms with Crippen molar-refractivity contribution in [2.75, 3.05) is 5.88 Å². The maximum absolute atomic E-state index is 10.9. The molecular weight excluding hydrogens is 216 g/mol. The van der Waals surface area contributed by atoms with Crippen molar-refractivity contribution in [2.24, 2.45) is 0 Å². The third-order valence-corrected chi connectivity index (χ3v) is 2.16. The molecule has 82 valence electrons. The van der Waals surface area contributed by atoms with Gasteiger partial charge in [0.15, 0.2) is 0 Å². The van der Waals surface area contributed by atoms with Crippen LogP contribution in [0.1, 0.15) is 25.0 Å². The summed E-state index contributed by atoms with van der Waals surface area (Å²) in [5, 5.41) is 9.12. The Morgan fingerprint density at radius 3 is 2.53 bits per heavy atom. The van der Waals surface area contributed by atoms with E-state index in [0.29, 0.717) is 12.3 Å². The second kappa shape index (κ2) is 5.61. The molecule has 0 aliphatic carbocycles.